The molecule has 0 amide bonds. The molecule has 0 aromatic heterocycles. The molecular formula is C23H27F2O9S-. The summed E-state index contributed by atoms with van der Waals surface area (Å²) < 4.78 is 48.1. The molecule has 1 aliphatic heterocycles. The van der Waals surface area contributed by atoms with Crippen LogP contribution in [-0.2, 0) is 38.0 Å². The molecule has 0 N–H and O–H groups in total. The lowest BCUT2D eigenvalue weighted by Gasteiger charge is -2.60. The number of ether oxygens (including phenoxy) is 3. The van der Waals surface area contributed by atoms with E-state index in [1.165, 1.54) is 0 Å². The summed E-state index contributed by atoms with van der Waals surface area (Å²) in [6.07, 6.45) is 6.77. The third-order valence-corrected chi connectivity index (χ3v) is 9.89. The standard InChI is InChI=1S/C23H28F2O9S/c24-23(25,35-34-33-29)19(28)30-11-20-4-13-1-14(5-20)7-21(6-13,10-20)31-17(26)9-22-8-12-2-15(16(22)3-12)18(27)32-22/h12-16,29H,1-11H2/p-1. The molecule has 6 atom stereocenters. The molecule has 1 heterocycles. The van der Waals surface area contributed by atoms with Gasteiger partial charge in [0.1, 0.15) is 23.2 Å². The van der Waals surface area contributed by atoms with Gasteiger partial charge in [0.2, 0.25) is 0 Å². The third kappa shape index (κ3) is 3.95. The van der Waals surface area contributed by atoms with Gasteiger partial charge in [0.25, 0.3) is 0 Å². The SMILES string of the molecule is O=C(CC12CC3CC(C(=O)O1)C2C3)OC12CC3CC(CC(COC(=O)C(F)(F)SOO[O-])(C3)C1)C2. The summed E-state index contributed by atoms with van der Waals surface area (Å²) in [5, 5.41) is 8.62. The molecule has 0 aromatic rings. The predicted octanol–water partition coefficient (Wildman–Crippen LogP) is 2.61. The van der Waals surface area contributed by atoms with Crippen LogP contribution in [0, 0.1) is 35.0 Å². The molecule has 6 saturated carbocycles. The lowest BCUT2D eigenvalue weighted by molar-refractivity contribution is -0.777. The van der Waals surface area contributed by atoms with Crippen LogP contribution >= 0.6 is 12.0 Å². The van der Waals surface area contributed by atoms with Crippen LogP contribution in [0.3, 0.4) is 0 Å². The third-order valence-electron chi connectivity index (χ3n) is 9.39. The van der Waals surface area contributed by atoms with Crippen molar-refractivity contribution in [3.8, 4) is 0 Å². The van der Waals surface area contributed by atoms with Crippen molar-refractivity contribution in [3.05, 3.63) is 0 Å². The normalized spacial score (nSPS) is 44.5. The Kier molecular flexibility index (Phi) is 5.45. The summed E-state index contributed by atoms with van der Waals surface area (Å²) in [7, 11) is 0. The number of carbonyl (C=O) groups is 3. The van der Waals surface area contributed by atoms with Gasteiger partial charge in [-0.05, 0) is 75.5 Å². The van der Waals surface area contributed by atoms with Crippen molar-refractivity contribution >= 4 is 30.0 Å². The highest BCUT2D eigenvalue weighted by molar-refractivity contribution is 7.96. The summed E-state index contributed by atoms with van der Waals surface area (Å²) in [4.78, 5) is 37.4. The first-order valence-corrected chi connectivity index (χ1v) is 12.9. The first-order chi connectivity index (χ1) is 16.5. The lowest BCUT2D eigenvalue weighted by atomic mass is 9.48. The molecular weight excluding hydrogens is 490 g/mol. The van der Waals surface area contributed by atoms with E-state index >= 15 is 0 Å². The van der Waals surface area contributed by atoms with Crippen LogP contribution < -0.4 is 5.26 Å². The zero-order chi connectivity index (χ0) is 24.6. The first kappa shape index (κ1) is 23.9. The van der Waals surface area contributed by atoms with Crippen molar-refractivity contribution in [2.75, 3.05) is 6.61 Å². The monoisotopic (exact) mass is 517 g/mol. The van der Waals surface area contributed by atoms with Crippen LogP contribution in [0.4, 0.5) is 8.78 Å². The summed E-state index contributed by atoms with van der Waals surface area (Å²) in [6.45, 7) is -0.223. The molecule has 194 valence electrons. The van der Waals surface area contributed by atoms with Gasteiger partial charge >= 0.3 is 23.2 Å². The van der Waals surface area contributed by atoms with Crippen LogP contribution in [0.2, 0.25) is 0 Å². The zero-order valence-electron chi connectivity index (χ0n) is 19.0. The van der Waals surface area contributed by atoms with E-state index < -0.39 is 39.9 Å². The average molecular weight is 518 g/mol. The Morgan fingerprint density at radius 2 is 1.83 bits per heavy atom. The fourth-order valence-electron chi connectivity index (χ4n) is 8.99. The Bertz CT molecular complexity index is 930. The van der Waals surface area contributed by atoms with Crippen molar-refractivity contribution in [2.45, 2.75) is 80.7 Å². The van der Waals surface area contributed by atoms with Gasteiger partial charge in [0.05, 0.1) is 18.9 Å². The topological polar surface area (TPSA) is 120 Å². The highest BCUT2D eigenvalue weighted by Crippen LogP contribution is 2.64. The van der Waals surface area contributed by atoms with Gasteiger partial charge in [-0.2, -0.15) is 13.1 Å². The Morgan fingerprint density at radius 3 is 2.51 bits per heavy atom. The molecule has 9 nitrogen and oxygen atoms in total. The molecule has 7 aliphatic rings. The molecule has 0 spiro atoms. The molecule has 6 unspecified atom stereocenters. The van der Waals surface area contributed by atoms with E-state index in [4.69, 9.17) is 14.2 Å². The van der Waals surface area contributed by atoms with E-state index in [0.717, 1.165) is 19.3 Å². The van der Waals surface area contributed by atoms with Crippen LogP contribution in [-0.4, -0.2) is 41.0 Å². The maximum absolute atomic E-state index is 13.8. The number of fused-ring (bicyclic) bond motifs is 1. The van der Waals surface area contributed by atoms with E-state index in [2.05, 4.69) is 9.37 Å². The Hall–Kier alpha value is -1.50. The molecule has 6 aliphatic carbocycles. The second-order valence-electron chi connectivity index (χ2n) is 11.8. The smallest absolute Gasteiger partial charge is 0.415 e. The number of carbonyl (C=O) groups excluding carboxylic acids is 3. The summed E-state index contributed by atoms with van der Waals surface area (Å²) >= 11 is -0.711. The maximum atomic E-state index is 13.8. The van der Waals surface area contributed by atoms with Crippen LogP contribution in [0.15, 0.2) is 0 Å². The molecule has 12 heteroatoms. The molecule has 0 radical (unpaired) electrons. The fourth-order valence-corrected chi connectivity index (χ4v) is 9.23. The van der Waals surface area contributed by atoms with Gasteiger partial charge in [-0.1, -0.05) is 0 Å². The summed E-state index contributed by atoms with van der Waals surface area (Å²) in [6, 6.07) is 0. The van der Waals surface area contributed by atoms with E-state index in [-0.39, 0.29) is 48.6 Å². The number of rotatable bonds is 9. The second-order valence-corrected chi connectivity index (χ2v) is 12.7. The van der Waals surface area contributed by atoms with Gasteiger partial charge in [0.15, 0.2) is 0 Å². The minimum atomic E-state index is -4.09. The van der Waals surface area contributed by atoms with Crippen LogP contribution in [0.5, 0.6) is 0 Å². The van der Waals surface area contributed by atoms with Crippen molar-refractivity contribution in [1.82, 2.24) is 0 Å². The van der Waals surface area contributed by atoms with Gasteiger partial charge in [-0.25, -0.2) is 4.79 Å². The van der Waals surface area contributed by atoms with Crippen molar-refractivity contribution in [1.29, 1.82) is 0 Å². The van der Waals surface area contributed by atoms with E-state index in [9.17, 15) is 28.4 Å². The van der Waals surface area contributed by atoms with Gasteiger partial charge < -0.3 is 19.5 Å². The van der Waals surface area contributed by atoms with Crippen molar-refractivity contribution < 1.29 is 52.0 Å². The van der Waals surface area contributed by atoms with Crippen molar-refractivity contribution in [3.63, 3.8) is 0 Å². The van der Waals surface area contributed by atoms with E-state index in [1.807, 2.05) is 0 Å². The molecule has 1 saturated heterocycles. The Morgan fingerprint density at radius 1 is 1.09 bits per heavy atom. The maximum Gasteiger partial charge on any atom is 0.415 e. The molecule has 7 fully saturated rings. The Balaban J connectivity index is 1.12. The highest BCUT2D eigenvalue weighted by atomic mass is 32.2. The lowest BCUT2D eigenvalue weighted by Crippen LogP contribution is -2.59. The van der Waals surface area contributed by atoms with E-state index in [1.54, 1.807) is 0 Å². The first-order valence-electron chi connectivity index (χ1n) is 12.2. The number of alkyl halides is 2. The summed E-state index contributed by atoms with van der Waals surface area (Å²) in [5.41, 5.74) is -2.01. The quantitative estimate of drug-likeness (QED) is 0.148. The van der Waals surface area contributed by atoms with Crippen LogP contribution in [0.25, 0.3) is 0 Å². The molecule has 35 heavy (non-hydrogen) atoms. The second kappa shape index (κ2) is 8.00. The van der Waals surface area contributed by atoms with E-state index in [0.29, 0.717) is 44.4 Å². The number of esters is 3. The molecule has 7 rings (SSSR count). The van der Waals surface area contributed by atoms with Gasteiger partial charge in [-0.15, -0.1) is 0 Å². The minimum absolute atomic E-state index is 0.0563. The minimum Gasteiger partial charge on any atom is -0.691 e. The van der Waals surface area contributed by atoms with Crippen LogP contribution in [0.1, 0.15) is 64.2 Å². The summed E-state index contributed by atoms with van der Waals surface area (Å²) in [5.74, 6) is -1.46. The largest absolute Gasteiger partial charge is 0.691 e. The predicted molar refractivity (Wildman–Crippen MR) is 109 cm³/mol. The molecule has 6 bridgehead atoms. The van der Waals surface area contributed by atoms with Gasteiger partial charge in [-0.3, -0.25) is 14.6 Å². The fraction of sp³-hybridized carbons (Fsp3) is 0.870. The van der Waals surface area contributed by atoms with Gasteiger partial charge in [0, 0.05) is 11.3 Å². The highest BCUT2D eigenvalue weighted by Gasteiger charge is 2.67. The Labute approximate surface area is 204 Å². The molecule has 0 aromatic carbocycles. The zero-order valence-corrected chi connectivity index (χ0v) is 19.8. The van der Waals surface area contributed by atoms with Crippen molar-refractivity contribution in [2.24, 2.45) is 35.0 Å². The average Bonchev–Trinajstić information content (AvgIpc) is 3.36. The number of hydrogen-bond donors (Lipinski definition) is 0. The number of hydrogen-bond acceptors (Lipinski definition) is 10. The number of halogens is 2.